The zero-order valence-corrected chi connectivity index (χ0v) is 11.8. The summed E-state index contributed by atoms with van der Waals surface area (Å²) < 4.78 is 5.45. The van der Waals surface area contributed by atoms with Gasteiger partial charge in [-0.1, -0.05) is 24.3 Å². The number of nitrogens with one attached hydrogen (secondary N) is 1. The van der Waals surface area contributed by atoms with Crippen molar-refractivity contribution in [2.75, 3.05) is 0 Å². The van der Waals surface area contributed by atoms with E-state index < -0.39 is 0 Å². The Morgan fingerprint density at radius 2 is 2.11 bits per heavy atom. The minimum atomic E-state index is -0.174. The van der Waals surface area contributed by atoms with E-state index in [1.165, 1.54) is 6.26 Å². The largest absolute Gasteiger partial charge is 0.457 e. The maximum Gasteiger partial charge on any atom is 0.256 e. The first-order valence-electron chi connectivity index (χ1n) is 5.35. The van der Waals surface area contributed by atoms with Gasteiger partial charge in [-0.15, -0.1) is 11.6 Å². The van der Waals surface area contributed by atoms with Crippen LogP contribution in [0, 0.1) is 0 Å². The average molecular weight is 329 g/mol. The molecule has 0 fully saturated rings. The molecule has 2 rings (SSSR count). The van der Waals surface area contributed by atoms with Crippen molar-refractivity contribution in [3.8, 4) is 0 Å². The molecule has 1 amide bonds. The van der Waals surface area contributed by atoms with Gasteiger partial charge in [0, 0.05) is 12.4 Å². The molecule has 0 aliphatic heterocycles. The van der Waals surface area contributed by atoms with Crippen molar-refractivity contribution in [3.63, 3.8) is 0 Å². The molecule has 0 bridgehead atoms. The molecule has 5 heteroatoms. The van der Waals surface area contributed by atoms with Crippen LogP contribution in [0.25, 0.3) is 0 Å². The first-order valence-corrected chi connectivity index (χ1v) is 6.68. The second-order valence-electron chi connectivity index (χ2n) is 3.74. The Labute approximate surface area is 118 Å². The van der Waals surface area contributed by atoms with E-state index >= 15 is 0 Å². The lowest BCUT2D eigenvalue weighted by Crippen LogP contribution is -2.22. The molecule has 1 heterocycles. The predicted molar refractivity (Wildman–Crippen MR) is 73.6 cm³/mol. The summed E-state index contributed by atoms with van der Waals surface area (Å²) in [6, 6.07) is 9.41. The van der Waals surface area contributed by atoms with Crippen molar-refractivity contribution in [2.24, 2.45) is 0 Å². The van der Waals surface area contributed by atoms with E-state index in [1.54, 1.807) is 6.07 Å². The van der Waals surface area contributed by atoms with E-state index in [9.17, 15) is 4.79 Å². The minimum Gasteiger partial charge on any atom is -0.457 e. The van der Waals surface area contributed by atoms with E-state index in [0.29, 0.717) is 22.7 Å². The van der Waals surface area contributed by atoms with E-state index in [-0.39, 0.29) is 5.91 Å². The third kappa shape index (κ3) is 3.15. The quantitative estimate of drug-likeness (QED) is 0.869. The van der Waals surface area contributed by atoms with Crippen molar-refractivity contribution in [1.29, 1.82) is 0 Å². The lowest BCUT2D eigenvalue weighted by atomic mass is 10.1. The molecule has 1 aromatic heterocycles. The Balaban J connectivity index is 1.99. The summed E-state index contributed by atoms with van der Waals surface area (Å²) in [7, 11) is 0. The van der Waals surface area contributed by atoms with E-state index in [1.807, 2.05) is 24.3 Å². The summed E-state index contributed by atoms with van der Waals surface area (Å²) in [6.07, 6.45) is 1.47. The fourth-order valence-electron chi connectivity index (χ4n) is 1.56. The number of alkyl halides is 1. The maximum absolute atomic E-state index is 11.8. The van der Waals surface area contributed by atoms with Crippen LogP contribution in [-0.4, -0.2) is 5.91 Å². The highest BCUT2D eigenvalue weighted by Crippen LogP contribution is 2.17. The minimum absolute atomic E-state index is 0.174. The molecule has 2 aromatic rings. The van der Waals surface area contributed by atoms with Gasteiger partial charge in [-0.2, -0.15) is 0 Å². The number of amides is 1. The van der Waals surface area contributed by atoms with Gasteiger partial charge in [-0.3, -0.25) is 4.79 Å². The predicted octanol–water partition coefficient (Wildman–Crippen LogP) is 3.71. The van der Waals surface area contributed by atoms with Crippen LogP contribution >= 0.6 is 27.5 Å². The number of hydrogen-bond acceptors (Lipinski definition) is 2. The van der Waals surface area contributed by atoms with Crippen molar-refractivity contribution in [3.05, 3.63) is 58.0 Å². The molecule has 0 radical (unpaired) electrons. The molecule has 0 saturated heterocycles. The Morgan fingerprint density at radius 1 is 1.33 bits per heavy atom. The van der Waals surface area contributed by atoms with Crippen molar-refractivity contribution in [2.45, 2.75) is 12.4 Å². The monoisotopic (exact) mass is 327 g/mol. The van der Waals surface area contributed by atoms with Gasteiger partial charge >= 0.3 is 0 Å². The molecular weight excluding hydrogens is 318 g/mol. The molecule has 3 nitrogen and oxygen atoms in total. The third-order valence-corrected chi connectivity index (χ3v) is 3.38. The van der Waals surface area contributed by atoms with Crippen LogP contribution < -0.4 is 5.32 Å². The molecule has 0 unspecified atom stereocenters. The molecule has 0 aliphatic carbocycles. The second-order valence-corrected chi connectivity index (χ2v) is 4.73. The average Bonchev–Trinajstić information content (AvgIpc) is 2.82. The number of hydrogen-bond donors (Lipinski definition) is 1. The van der Waals surface area contributed by atoms with E-state index in [2.05, 4.69) is 21.2 Å². The summed E-state index contributed by atoms with van der Waals surface area (Å²) >= 11 is 8.93. The summed E-state index contributed by atoms with van der Waals surface area (Å²) in [5.41, 5.74) is 2.54. The number of carbonyl (C=O) groups excluding carboxylic acids is 1. The number of carbonyl (C=O) groups is 1. The number of benzene rings is 1. The van der Waals surface area contributed by atoms with Crippen LogP contribution in [0.15, 0.2) is 45.7 Å². The van der Waals surface area contributed by atoms with Crippen molar-refractivity contribution >= 4 is 33.4 Å². The molecule has 94 valence electrons. The molecule has 0 aliphatic rings. The third-order valence-electron chi connectivity index (χ3n) is 2.46. The second kappa shape index (κ2) is 6.07. The SMILES string of the molecule is O=C(NCc1cccc(CCl)c1)c1ccoc1Br. The topological polar surface area (TPSA) is 42.2 Å². The molecular formula is C13H11BrClNO2. The van der Waals surface area contributed by atoms with Gasteiger partial charge in [0.05, 0.1) is 11.8 Å². The smallest absolute Gasteiger partial charge is 0.256 e. The lowest BCUT2D eigenvalue weighted by Gasteiger charge is -2.05. The molecule has 18 heavy (non-hydrogen) atoms. The number of furan rings is 1. The van der Waals surface area contributed by atoms with Crippen molar-refractivity contribution < 1.29 is 9.21 Å². The normalized spacial score (nSPS) is 10.3. The molecule has 1 N–H and O–H groups in total. The summed E-state index contributed by atoms with van der Waals surface area (Å²) in [4.78, 5) is 11.8. The van der Waals surface area contributed by atoms with Crippen molar-refractivity contribution in [1.82, 2.24) is 5.32 Å². The molecule has 0 atom stereocenters. The van der Waals surface area contributed by atoms with E-state index in [0.717, 1.165) is 11.1 Å². The Hall–Kier alpha value is -1.26. The van der Waals surface area contributed by atoms with E-state index in [4.69, 9.17) is 16.0 Å². The first-order chi connectivity index (χ1) is 8.70. The van der Waals surface area contributed by atoms with Gasteiger partial charge in [0.15, 0.2) is 4.67 Å². The lowest BCUT2D eigenvalue weighted by molar-refractivity contribution is 0.0949. The van der Waals surface area contributed by atoms with Gasteiger partial charge in [-0.05, 0) is 33.1 Å². The van der Waals surface area contributed by atoms with Crippen LogP contribution in [0.4, 0.5) is 0 Å². The van der Waals surface area contributed by atoms with Gasteiger partial charge < -0.3 is 9.73 Å². The Kier molecular flexibility index (Phi) is 4.44. The number of rotatable bonds is 4. The summed E-state index contributed by atoms with van der Waals surface area (Å²) in [5.74, 6) is 0.293. The summed E-state index contributed by atoms with van der Waals surface area (Å²) in [5, 5.41) is 2.82. The standard InChI is InChI=1S/C13H11BrClNO2/c14-12-11(4-5-18-12)13(17)16-8-10-3-1-2-9(6-10)7-15/h1-6H,7-8H2,(H,16,17). The highest BCUT2D eigenvalue weighted by Gasteiger charge is 2.11. The van der Waals surface area contributed by atoms with Gasteiger partial charge in [0.2, 0.25) is 0 Å². The summed E-state index contributed by atoms with van der Waals surface area (Å²) in [6.45, 7) is 0.460. The molecule has 1 aromatic carbocycles. The van der Waals surface area contributed by atoms with Crippen LogP contribution in [0.3, 0.4) is 0 Å². The zero-order valence-electron chi connectivity index (χ0n) is 9.45. The Morgan fingerprint density at radius 3 is 2.78 bits per heavy atom. The zero-order chi connectivity index (χ0) is 13.0. The fraction of sp³-hybridized carbons (Fsp3) is 0.154. The van der Waals surface area contributed by atoms with Crippen LogP contribution in [0.1, 0.15) is 21.5 Å². The van der Waals surface area contributed by atoms with Crippen LogP contribution in [-0.2, 0) is 12.4 Å². The van der Waals surface area contributed by atoms with Gasteiger partial charge in [-0.25, -0.2) is 0 Å². The molecule has 0 spiro atoms. The van der Waals surface area contributed by atoms with Gasteiger partial charge in [0.25, 0.3) is 5.91 Å². The first kappa shape index (κ1) is 13.2. The van der Waals surface area contributed by atoms with Gasteiger partial charge in [0.1, 0.15) is 0 Å². The fourth-order valence-corrected chi connectivity index (χ4v) is 2.14. The van der Waals surface area contributed by atoms with Crippen LogP contribution in [0.2, 0.25) is 0 Å². The molecule has 0 saturated carbocycles. The van der Waals surface area contributed by atoms with Crippen LogP contribution in [0.5, 0.6) is 0 Å². The highest BCUT2D eigenvalue weighted by atomic mass is 79.9. The highest BCUT2D eigenvalue weighted by molar-refractivity contribution is 9.10. The maximum atomic E-state index is 11.8. The number of halogens is 2. The Bertz CT molecular complexity index is 553.